The number of nitrogens with zero attached hydrogens (tertiary/aromatic N) is 2. The third kappa shape index (κ3) is 4.25. The fourth-order valence-electron chi connectivity index (χ4n) is 3.92. The molecule has 3 aromatic carbocycles. The van der Waals surface area contributed by atoms with Gasteiger partial charge in [-0.25, -0.2) is 0 Å². The van der Waals surface area contributed by atoms with Crippen molar-refractivity contribution in [3.63, 3.8) is 0 Å². The van der Waals surface area contributed by atoms with Crippen LogP contribution in [-0.2, 0) is 13.1 Å². The third-order valence-corrected chi connectivity index (χ3v) is 5.48. The number of hydrogen-bond donors (Lipinski definition) is 5. The molecule has 8 heteroatoms. The fourth-order valence-corrected chi connectivity index (χ4v) is 3.92. The number of nitrogens with one attached hydrogen (secondary N) is 4. The van der Waals surface area contributed by atoms with Crippen LogP contribution in [0.15, 0.2) is 64.6 Å². The van der Waals surface area contributed by atoms with Crippen molar-refractivity contribution in [3.8, 4) is 17.2 Å². The monoisotopic (exact) mass is 430 g/mol. The minimum absolute atomic E-state index is 0.197. The lowest BCUT2D eigenvalue weighted by Gasteiger charge is -2.18. The predicted octanol–water partition coefficient (Wildman–Crippen LogP) is 2.44. The van der Waals surface area contributed by atoms with Crippen LogP contribution in [-0.4, -0.2) is 43.2 Å². The summed E-state index contributed by atoms with van der Waals surface area (Å²) < 4.78 is 6.50. The maximum atomic E-state index is 10.5. The molecule has 2 aliphatic heterocycles. The van der Waals surface area contributed by atoms with Crippen molar-refractivity contribution in [1.29, 1.82) is 0 Å². The normalized spacial score (nSPS) is 15.0. The van der Waals surface area contributed by atoms with Gasteiger partial charge in [0.05, 0.1) is 18.5 Å². The average molecular weight is 431 g/mol. The van der Waals surface area contributed by atoms with Gasteiger partial charge in [-0.2, -0.15) is 0 Å². The second-order valence-electron chi connectivity index (χ2n) is 7.66. The zero-order valence-corrected chi connectivity index (χ0v) is 17.7. The summed E-state index contributed by atoms with van der Waals surface area (Å²) in [5.74, 6) is 3.16. The number of hydrogen-bond acceptors (Lipinski definition) is 8. The maximum Gasteiger partial charge on any atom is 0.191 e. The Morgan fingerprint density at radius 1 is 0.812 bits per heavy atom. The molecule has 0 radical (unpaired) electrons. The minimum atomic E-state index is 0.197. The summed E-state index contributed by atoms with van der Waals surface area (Å²) in [6.45, 7) is 4.37. The Kier molecular flexibility index (Phi) is 5.65. The van der Waals surface area contributed by atoms with Gasteiger partial charge in [0.25, 0.3) is 0 Å². The first kappa shape index (κ1) is 20.0. The Labute approximate surface area is 186 Å². The molecule has 32 heavy (non-hydrogen) atoms. The second kappa shape index (κ2) is 9.05. The van der Waals surface area contributed by atoms with E-state index in [4.69, 9.17) is 4.74 Å². The van der Waals surface area contributed by atoms with Crippen LogP contribution in [0, 0.1) is 0 Å². The lowest BCUT2D eigenvalue weighted by molar-refractivity contribution is 0.460. The van der Waals surface area contributed by atoms with E-state index < -0.39 is 0 Å². The van der Waals surface area contributed by atoms with E-state index in [1.165, 1.54) is 0 Å². The van der Waals surface area contributed by atoms with Crippen LogP contribution in [0.5, 0.6) is 17.2 Å². The van der Waals surface area contributed by atoms with Crippen LogP contribution in [0.2, 0.25) is 0 Å². The lowest BCUT2D eigenvalue weighted by Crippen LogP contribution is -2.34. The molecule has 164 valence electrons. The topological polar surface area (TPSA) is 102 Å². The number of rotatable bonds is 6. The highest BCUT2D eigenvalue weighted by Gasteiger charge is 2.16. The Balaban J connectivity index is 1.48. The van der Waals surface area contributed by atoms with E-state index in [1.807, 2.05) is 48.5 Å². The first-order valence-electron chi connectivity index (χ1n) is 10.8. The van der Waals surface area contributed by atoms with E-state index in [0.717, 1.165) is 60.4 Å². The number of guanidine groups is 2. The molecule has 0 amide bonds. The van der Waals surface area contributed by atoms with Crippen molar-refractivity contribution in [1.82, 2.24) is 21.3 Å². The van der Waals surface area contributed by atoms with Gasteiger partial charge in [-0.15, -0.1) is 0 Å². The van der Waals surface area contributed by atoms with Crippen molar-refractivity contribution < 1.29 is 9.84 Å². The summed E-state index contributed by atoms with van der Waals surface area (Å²) in [7, 11) is 0. The van der Waals surface area contributed by atoms with E-state index in [2.05, 4.69) is 31.3 Å². The van der Waals surface area contributed by atoms with Gasteiger partial charge in [0.1, 0.15) is 17.2 Å². The Morgan fingerprint density at radius 2 is 1.41 bits per heavy atom. The molecule has 0 unspecified atom stereocenters. The highest BCUT2D eigenvalue weighted by molar-refractivity contribution is 5.93. The van der Waals surface area contributed by atoms with Crippen LogP contribution in [0.4, 0.5) is 0 Å². The fraction of sp³-hybridized carbons (Fsp3) is 0.250. The summed E-state index contributed by atoms with van der Waals surface area (Å²) in [5.41, 5.74) is 1.99. The zero-order valence-electron chi connectivity index (χ0n) is 17.7. The summed E-state index contributed by atoms with van der Waals surface area (Å²) in [6.07, 6.45) is 0. The molecule has 2 heterocycles. The maximum absolute atomic E-state index is 10.5. The van der Waals surface area contributed by atoms with E-state index in [-0.39, 0.29) is 5.75 Å². The van der Waals surface area contributed by atoms with Crippen molar-refractivity contribution in [2.75, 3.05) is 26.2 Å². The lowest BCUT2D eigenvalue weighted by atomic mass is 10.1. The first-order valence-corrected chi connectivity index (χ1v) is 10.8. The van der Waals surface area contributed by atoms with Crippen molar-refractivity contribution in [3.05, 3.63) is 65.7 Å². The molecule has 5 N–H and O–H groups in total. The smallest absolute Gasteiger partial charge is 0.191 e. The van der Waals surface area contributed by atoms with E-state index >= 15 is 0 Å². The summed E-state index contributed by atoms with van der Waals surface area (Å²) >= 11 is 0. The number of benzene rings is 3. The molecule has 0 fully saturated rings. The summed E-state index contributed by atoms with van der Waals surface area (Å²) in [6, 6.07) is 17.4. The standard InChI is InChI=1S/C24H26N6O2/c31-19-8-2-4-16-5-3-9-20(21(16)19)32-22-17(14-29-23-25-10-11-26-23)6-1-7-18(22)15-30-24-27-12-13-28-24/h1-9,31H,10-15H2,(H2,25,26,29)(H2,27,28,30). The van der Waals surface area contributed by atoms with Crippen LogP contribution in [0.25, 0.3) is 10.8 Å². The van der Waals surface area contributed by atoms with Crippen molar-refractivity contribution >= 4 is 22.7 Å². The van der Waals surface area contributed by atoms with E-state index in [9.17, 15) is 5.11 Å². The number of aliphatic imine (C=N–C) groups is 2. The van der Waals surface area contributed by atoms with Crippen LogP contribution in [0.3, 0.4) is 0 Å². The van der Waals surface area contributed by atoms with Crippen molar-refractivity contribution in [2.45, 2.75) is 13.1 Å². The van der Waals surface area contributed by atoms with E-state index in [1.54, 1.807) is 6.07 Å². The molecular weight excluding hydrogens is 404 g/mol. The van der Waals surface area contributed by atoms with Crippen molar-refractivity contribution in [2.24, 2.45) is 9.98 Å². The van der Waals surface area contributed by atoms with E-state index in [0.29, 0.717) is 24.2 Å². The molecule has 0 atom stereocenters. The predicted molar refractivity (Wildman–Crippen MR) is 126 cm³/mol. The summed E-state index contributed by atoms with van der Waals surface area (Å²) in [5, 5.41) is 25.3. The molecule has 0 aliphatic carbocycles. The van der Waals surface area contributed by atoms with Crippen LogP contribution < -0.4 is 26.0 Å². The molecule has 0 spiro atoms. The molecule has 0 aromatic heterocycles. The molecular formula is C24H26N6O2. The molecule has 0 bridgehead atoms. The highest BCUT2D eigenvalue weighted by atomic mass is 16.5. The van der Waals surface area contributed by atoms with Gasteiger partial charge in [-0.1, -0.05) is 42.5 Å². The van der Waals surface area contributed by atoms with Gasteiger partial charge in [-0.3, -0.25) is 9.98 Å². The Bertz CT molecular complexity index is 1140. The van der Waals surface area contributed by atoms with Gasteiger partial charge in [0.15, 0.2) is 11.9 Å². The molecule has 5 rings (SSSR count). The number of para-hydroxylation sites is 1. The molecule has 0 saturated carbocycles. The molecule has 0 saturated heterocycles. The highest BCUT2D eigenvalue weighted by Crippen LogP contribution is 2.38. The number of fused-ring (bicyclic) bond motifs is 1. The molecule has 8 nitrogen and oxygen atoms in total. The first-order chi connectivity index (χ1) is 15.8. The van der Waals surface area contributed by atoms with Crippen LogP contribution in [0.1, 0.15) is 11.1 Å². The van der Waals surface area contributed by atoms with Crippen LogP contribution >= 0.6 is 0 Å². The quantitative estimate of drug-likeness (QED) is 0.412. The van der Waals surface area contributed by atoms with Gasteiger partial charge in [-0.05, 0) is 17.5 Å². The van der Waals surface area contributed by atoms with Gasteiger partial charge < -0.3 is 31.1 Å². The zero-order chi connectivity index (χ0) is 21.8. The average Bonchev–Trinajstić information content (AvgIpc) is 3.52. The summed E-state index contributed by atoms with van der Waals surface area (Å²) in [4.78, 5) is 8.82. The molecule has 3 aromatic rings. The minimum Gasteiger partial charge on any atom is -0.507 e. The molecule has 2 aliphatic rings. The SMILES string of the molecule is Oc1cccc2cccc(Oc3c(CNC4=NCCN4)cccc3CNC3=NCCN3)c12. The van der Waals surface area contributed by atoms with Gasteiger partial charge in [0, 0.05) is 37.3 Å². The number of phenols is 1. The number of ether oxygens (including phenoxy) is 1. The Hall–Kier alpha value is -3.94. The van der Waals surface area contributed by atoms with Gasteiger partial charge >= 0.3 is 0 Å². The second-order valence-corrected chi connectivity index (χ2v) is 7.66. The largest absolute Gasteiger partial charge is 0.507 e. The number of phenolic OH excluding ortho intramolecular Hbond substituents is 1. The number of aromatic hydroxyl groups is 1. The van der Waals surface area contributed by atoms with Gasteiger partial charge in [0.2, 0.25) is 0 Å². The Morgan fingerprint density at radius 3 is 2.00 bits per heavy atom. The third-order valence-electron chi connectivity index (χ3n) is 5.48.